The van der Waals surface area contributed by atoms with E-state index in [2.05, 4.69) is 57.3 Å². The lowest BCUT2D eigenvalue weighted by atomic mass is 10.1. The highest BCUT2D eigenvalue weighted by atomic mass is 79.9. The molecule has 0 aliphatic carbocycles. The van der Waals surface area contributed by atoms with E-state index in [0.29, 0.717) is 0 Å². The van der Waals surface area contributed by atoms with Gasteiger partial charge in [-0.25, -0.2) is 0 Å². The van der Waals surface area contributed by atoms with Crippen LogP contribution in [0.1, 0.15) is 19.8 Å². The zero-order chi connectivity index (χ0) is 12.1. The zero-order valence-corrected chi connectivity index (χ0v) is 12.0. The van der Waals surface area contributed by atoms with Gasteiger partial charge in [-0.3, -0.25) is 0 Å². The van der Waals surface area contributed by atoms with E-state index >= 15 is 0 Å². The summed E-state index contributed by atoms with van der Waals surface area (Å²) in [7, 11) is 0. The van der Waals surface area contributed by atoms with Gasteiger partial charge in [0.25, 0.3) is 0 Å². The van der Waals surface area contributed by atoms with Crippen LogP contribution < -0.4 is 10.2 Å². The van der Waals surface area contributed by atoms with Crippen LogP contribution in [0.5, 0.6) is 0 Å². The fraction of sp³-hybridized carbons (Fsp3) is 0.571. The van der Waals surface area contributed by atoms with Gasteiger partial charge in [-0.2, -0.15) is 0 Å². The standard InChI is InChI=1S/C14H21BrN2/c1-2-8-16-10-12-7-9-17(11-12)14-6-4-3-5-13(14)15/h3-6,12,16H,2,7-11H2,1H3. The molecule has 1 aromatic carbocycles. The van der Waals surface area contributed by atoms with Gasteiger partial charge in [0.1, 0.15) is 0 Å². The normalized spacial score (nSPS) is 19.9. The Balaban J connectivity index is 1.87. The smallest absolute Gasteiger partial charge is 0.0510 e. The molecule has 1 fully saturated rings. The third-order valence-electron chi connectivity index (χ3n) is 3.34. The highest BCUT2D eigenvalue weighted by Gasteiger charge is 2.23. The number of rotatable bonds is 5. The maximum atomic E-state index is 3.63. The van der Waals surface area contributed by atoms with Gasteiger partial charge in [0, 0.05) is 17.6 Å². The van der Waals surface area contributed by atoms with Crippen LogP contribution in [0.25, 0.3) is 0 Å². The predicted octanol–water partition coefficient (Wildman–Crippen LogP) is 3.28. The summed E-state index contributed by atoms with van der Waals surface area (Å²) in [6.45, 7) is 6.88. The minimum absolute atomic E-state index is 0.800. The Hall–Kier alpha value is -0.540. The Bertz CT molecular complexity index is 354. The maximum Gasteiger partial charge on any atom is 0.0510 e. The molecule has 1 N–H and O–H groups in total. The molecular formula is C14H21BrN2. The van der Waals surface area contributed by atoms with E-state index in [1.54, 1.807) is 0 Å². The van der Waals surface area contributed by atoms with Crippen LogP contribution in [0.2, 0.25) is 0 Å². The van der Waals surface area contributed by atoms with E-state index in [1.807, 2.05) is 0 Å². The van der Waals surface area contributed by atoms with Crippen molar-refractivity contribution in [1.29, 1.82) is 0 Å². The molecule has 1 atom stereocenters. The first-order valence-corrected chi connectivity index (χ1v) is 7.30. The molecule has 0 spiro atoms. The summed E-state index contributed by atoms with van der Waals surface area (Å²) in [5.41, 5.74) is 1.34. The molecule has 0 bridgehead atoms. The van der Waals surface area contributed by atoms with Crippen LogP contribution in [-0.2, 0) is 0 Å². The van der Waals surface area contributed by atoms with Gasteiger partial charge in [-0.1, -0.05) is 19.1 Å². The number of nitrogens with one attached hydrogen (secondary N) is 1. The van der Waals surface area contributed by atoms with Crippen molar-refractivity contribution in [2.75, 3.05) is 31.1 Å². The lowest BCUT2D eigenvalue weighted by Gasteiger charge is -2.20. The second kappa shape index (κ2) is 6.41. The van der Waals surface area contributed by atoms with E-state index in [1.165, 1.54) is 36.1 Å². The highest BCUT2D eigenvalue weighted by molar-refractivity contribution is 9.10. The quantitative estimate of drug-likeness (QED) is 0.839. The van der Waals surface area contributed by atoms with Crippen molar-refractivity contribution in [3.8, 4) is 0 Å². The van der Waals surface area contributed by atoms with Crippen LogP contribution in [0.4, 0.5) is 5.69 Å². The number of nitrogens with zero attached hydrogens (tertiary/aromatic N) is 1. The summed E-state index contributed by atoms with van der Waals surface area (Å²) in [6.07, 6.45) is 2.53. The zero-order valence-electron chi connectivity index (χ0n) is 10.5. The van der Waals surface area contributed by atoms with Crippen molar-refractivity contribution >= 4 is 21.6 Å². The van der Waals surface area contributed by atoms with Gasteiger partial charge in [-0.05, 0) is 59.9 Å². The van der Waals surface area contributed by atoms with Crippen LogP contribution in [0, 0.1) is 5.92 Å². The molecule has 1 saturated heterocycles. The molecule has 0 radical (unpaired) electrons. The summed E-state index contributed by atoms with van der Waals surface area (Å²) in [5.74, 6) is 0.800. The fourth-order valence-electron chi connectivity index (χ4n) is 2.41. The van der Waals surface area contributed by atoms with Gasteiger partial charge in [0.05, 0.1) is 5.69 Å². The molecule has 0 saturated carbocycles. The minimum atomic E-state index is 0.800. The molecule has 94 valence electrons. The van der Waals surface area contributed by atoms with Crippen LogP contribution >= 0.6 is 15.9 Å². The molecule has 1 aliphatic rings. The van der Waals surface area contributed by atoms with Crippen molar-refractivity contribution < 1.29 is 0 Å². The molecule has 2 nitrogen and oxygen atoms in total. The second-order valence-corrected chi connectivity index (χ2v) is 5.61. The minimum Gasteiger partial charge on any atom is -0.370 e. The molecule has 1 aromatic rings. The Morgan fingerprint density at radius 3 is 3.00 bits per heavy atom. The topological polar surface area (TPSA) is 15.3 Å². The number of halogens is 1. The largest absolute Gasteiger partial charge is 0.370 e. The Morgan fingerprint density at radius 1 is 1.41 bits per heavy atom. The summed E-state index contributed by atoms with van der Waals surface area (Å²) in [4.78, 5) is 2.49. The molecule has 0 aromatic heterocycles. The molecule has 2 rings (SSSR count). The predicted molar refractivity (Wildman–Crippen MR) is 77.6 cm³/mol. The summed E-state index contributed by atoms with van der Waals surface area (Å²) in [6, 6.07) is 8.51. The van der Waals surface area contributed by atoms with Crippen molar-refractivity contribution in [3.63, 3.8) is 0 Å². The third-order valence-corrected chi connectivity index (χ3v) is 4.01. The number of hydrogen-bond donors (Lipinski definition) is 1. The summed E-state index contributed by atoms with van der Waals surface area (Å²) < 4.78 is 1.21. The lowest BCUT2D eigenvalue weighted by molar-refractivity contribution is 0.516. The lowest BCUT2D eigenvalue weighted by Crippen LogP contribution is -2.26. The van der Waals surface area contributed by atoms with Crippen molar-refractivity contribution in [2.45, 2.75) is 19.8 Å². The molecule has 1 unspecified atom stereocenters. The Labute approximate surface area is 113 Å². The molecular weight excluding hydrogens is 276 g/mol. The Morgan fingerprint density at radius 2 is 2.24 bits per heavy atom. The summed E-state index contributed by atoms with van der Waals surface area (Å²) in [5, 5.41) is 3.53. The van der Waals surface area contributed by atoms with Gasteiger partial charge in [-0.15, -0.1) is 0 Å². The van der Waals surface area contributed by atoms with Gasteiger partial charge in [0.2, 0.25) is 0 Å². The fourth-order valence-corrected chi connectivity index (χ4v) is 2.94. The molecule has 17 heavy (non-hydrogen) atoms. The van der Waals surface area contributed by atoms with Gasteiger partial charge in [0.15, 0.2) is 0 Å². The number of anilines is 1. The molecule has 1 aliphatic heterocycles. The first-order valence-electron chi connectivity index (χ1n) is 6.51. The van der Waals surface area contributed by atoms with Crippen LogP contribution in [0.3, 0.4) is 0 Å². The van der Waals surface area contributed by atoms with Crippen molar-refractivity contribution in [2.24, 2.45) is 5.92 Å². The van der Waals surface area contributed by atoms with Gasteiger partial charge < -0.3 is 10.2 Å². The maximum absolute atomic E-state index is 3.63. The van der Waals surface area contributed by atoms with E-state index in [-0.39, 0.29) is 0 Å². The first kappa shape index (κ1) is 12.9. The number of hydrogen-bond acceptors (Lipinski definition) is 2. The average Bonchev–Trinajstić information content (AvgIpc) is 2.79. The van der Waals surface area contributed by atoms with Crippen molar-refractivity contribution in [3.05, 3.63) is 28.7 Å². The number of para-hydroxylation sites is 1. The number of benzene rings is 1. The van der Waals surface area contributed by atoms with Gasteiger partial charge >= 0.3 is 0 Å². The van der Waals surface area contributed by atoms with Crippen molar-refractivity contribution in [1.82, 2.24) is 5.32 Å². The molecule has 3 heteroatoms. The van der Waals surface area contributed by atoms with E-state index < -0.39 is 0 Å². The molecule has 0 amide bonds. The first-order chi connectivity index (χ1) is 8.31. The van der Waals surface area contributed by atoms with E-state index in [0.717, 1.165) is 19.0 Å². The molecule has 1 heterocycles. The van der Waals surface area contributed by atoms with E-state index in [4.69, 9.17) is 0 Å². The van der Waals surface area contributed by atoms with Crippen LogP contribution in [-0.4, -0.2) is 26.2 Å². The second-order valence-electron chi connectivity index (χ2n) is 4.76. The average molecular weight is 297 g/mol. The van der Waals surface area contributed by atoms with E-state index in [9.17, 15) is 0 Å². The summed E-state index contributed by atoms with van der Waals surface area (Å²) >= 11 is 3.63. The SMILES string of the molecule is CCCNCC1CCN(c2ccccc2Br)C1. The van der Waals surface area contributed by atoms with Crippen LogP contribution in [0.15, 0.2) is 28.7 Å². The Kier molecular flexibility index (Phi) is 4.86. The third kappa shape index (κ3) is 3.46. The monoisotopic (exact) mass is 296 g/mol. The highest BCUT2D eigenvalue weighted by Crippen LogP contribution is 2.30.